The van der Waals surface area contributed by atoms with Gasteiger partial charge in [0.1, 0.15) is 11.2 Å². The number of alkyl carbamates (subject to hydrolysis) is 2. The van der Waals surface area contributed by atoms with Crippen molar-refractivity contribution in [1.29, 1.82) is 0 Å². The number of nitrogens with zero attached hydrogens (tertiary/aromatic N) is 1. The standard InChI is InChI=1S/C30H50ClN5O8/c1-29(2,3)43-27(40)35-26(36-28(41)44-30(4,5)6)33-19-13-14-21(31)20(15-19)25(39)32-17-23(37)34-22(16-24(38)42-7)18-11-9-8-10-12-18/h18-22H,8-17H2,1-7H3,(H,32,39)(H,34,37)(H2,33,35,36,40,41). The molecule has 2 rings (SSSR count). The second-order valence-electron chi connectivity index (χ2n) is 13.4. The van der Waals surface area contributed by atoms with Gasteiger partial charge < -0.3 is 24.8 Å². The molecule has 0 aromatic carbocycles. The molecule has 250 valence electrons. The van der Waals surface area contributed by atoms with Crippen molar-refractivity contribution >= 4 is 47.5 Å². The van der Waals surface area contributed by atoms with Crippen LogP contribution in [0.4, 0.5) is 9.59 Å². The van der Waals surface area contributed by atoms with E-state index in [4.69, 9.17) is 25.8 Å². The van der Waals surface area contributed by atoms with Crippen LogP contribution < -0.4 is 21.3 Å². The molecule has 2 aliphatic carbocycles. The topological polar surface area (TPSA) is 174 Å². The molecule has 2 aliphatic rings. The van der Waals surface area contributed by atoms with Crippen LogP contribution in [-0.4, -0.2) is 78.2 Å². The monoisotopic (exact) mass is 643 g/mol. The van der Waals surface area contributed by atoms with Gasteiger partial charge in [0.2, 0.25) is 17.8 Å². The summed E-state index contributed by atoms with van der Waals surface area (Å²) in [6, 6.07) is -0.847. The number of carbonyl (C=O) groups excluding carboxylic acids is 5. The van der Waals surface area contributed by atoms with E-state index in [9.17, 15) is 24.0 Å². The largest absolute Gasteiger partial charge is 0.469 e. The number of nitrogens with one attached hydrogen (secondary N) is 4. The van der Waals surface area contributed by atoms with E-state index in [1.165, 1.54) is 7.11 Å². The summed E-state index contributed by atoms with van der Waals surface area (Å²) >= 11 is 6.53. The van der Waals surface area contributed by atoms with E-state index in [0.717, 1.165) is 32.1 Å². The Morgan fingerprint density at radius 2 is 1.43 bits per heavy atom. The second kappa shape index (κ2) is 16.8. The molecule has 0 aliphatic heterocycles. The van der Waals surface area contributed by atoms with Gasteiger partial charge >= 0.3 is 18.2 Å². The quantitative estimate of drug-likeness (QED) is 0.101. The summed E-state index contributed by atoms with van der Waals surface area (Å²) in [7, 11) is 1.32. The molecule has 14 heteroatoms. The zero-order chi connectivity index (χ0) is 33.1. The van der Waals surface area contributed by atoms with Crippen molar-refractivity contribution in [1.82, 2.24) is 21.3 Å². The number of esters is 1. The zero-order valence-electron chi connectivity index (χ0n) is 27.0. The minimum Gasteiger partial charge on any atom is -0.469 e. The number of carbonyl (C=O) groups is 5. The Morgan fingerprint density at radius 3 is 1.95 bits per heavy atom. The lowest BCUT2D eigenvalue weighted by molar-refractivity contribution is -0.142. The molecule has 0 saturated heterocycles. The summed E-state index contributed by atoms with van der Waals surface area (Å²) in [5.74, 6) is -1.90. The summed E-state index contributed by atoms with van der Waals surface area (Å²) in [5.41, 5.74) is -1.58. The van der Waals surface area contributed by atoms with Crippen LogP contribution in [-0.2, 0) is 28.6 Å². The van der Waals surface area contributed by atoms with Crippen LogP contribution >= 0.6 is 11.6 Å². The Balaban J connectivity index is 2.06. The molecular weight excluding hydrogens is 594 g/mol. The Labute approximate surface area is 265 Å². The van der Waals surface area contributed by atoms with Gasteiger partial charge in [0.25, 0.3) is 0 Å². The van der Waals surface area contributed by atoms with Gasteiger partial charge in [0, 0.05) is 11.4 Å². The van der Waals surface area contributed by atoms with Crippen molar-refractivity contribution in [2.45, 2.75) is 128 Å². The van der Waals surface area contributed by atoms with Crippen molar-refractivity contribution in [2.24, 2.45) is 16.8 Å². The van der Waals surface area contributed by atoms with Crippen molar-refractivity contribution in [3.63, 3.8) is 0 Å². The number of alkyl halides is 1. The van der Waals surface area contributed by atoms with E-state index in [2.05, 4.69) is 26.3 Å². The van der Waals surface area contributed by atoms with Gasteiger partial charge in [-0.15, -0.1) is 11.6 Å². The highest BCUT2D eigenvalue weighted by Gasteiger charge is 2.35. The number of guanidine groups is 1. The third-order valence-electron chi connectivity index (χ3n) is 7.23. The summed E-state index contributed by atoms with van der Waals surface area (Å²) in [6.45, 7) is 9.92. The van der Waals surface area contributed by atoms with Crippen LogP contribution in [0.2, 0.25) is 0 Å². The Bertz CT molecular complexity index is 1020. The van der Waals surface area contributed by atoms with Crippen LogP contribution in [0.1, 0.15) is 99.3 Å². The molecule has 4 unspecified atom stereocenters. The lowest BCUT2D eigenvalue weighted by Crippen LogP contribution is -2.49. The molecule has 0 bridgehead atoms. The molecule has 2 saturated carbocycles. The van der Waals surface area contributed by atoms with Gasteiger partial charge in [0.05, 0.1) is 32.0 Å². The first kappa shape index (κ1) is 37.1. The number of amides is 4. The SMILES string of the molecule is COC(=O)CC(NC(=O)CNC(=O)C1CC(N=C(NC(=O)OC(C)(C)C)NC(=O)OC(C)(C)C)CCC1Cl)C1CCCCC1. The van der Waals surface area contributed by atoms with Crippen molar-refractivity contribution in [2.75, 3.05) is 13.7 Å². The van der Waals surface area contributed by atoms with Gasteiger partial charge in [-0.1, -0.05) is 19.3 Å². The molecule has 4 amide bonds. The lowest BCUT2D eigenvalue weighted by atomic mass is 9.82. The summed E-state index contributed by atoms with van der Waals surface area (Å²) in [6.07, 6.45) is 4.62. The number of hydrogen-bond acceptors (Lipinski definition) is 9. The fraction of sp³-hybridized carbons (Fsp3) is 0.800. The van der Waals surface area contributed by atoms with Crippen LogP contribution in [0, 0.1) is 11.8 Å². The predicted molar refractivity (Wildman–Crippen MR) is 165 cm³/mol. The van der Waals surface area contributed by atoms with Crippen LogP contribution in [0.5, 0.6) is 0 Å². The maximum atomic E-state index is 13.1. The predicted octanol–water partition coefficient (Wildman–Crippen LogP) is 3.91. The average Bonchev–Trinajstić information content (AvgIpc) is 2.90. The van der Waals surface area contributed by atoms with E-state index in [1.54, 1.807) is 41.5 Å². The first-order valence-electron chi connectivity index (χ1n) is 15.3. The molecule has 0 aromatic heterocycles. The highest BCUT2D eigenvalue weighted by molar-refractivity contribution is 6.22. The second-order valence-corrected chi connectivity index (χ2v) is 14.0. The Kier molecular flexibility index (Phi) is 14.2. The van der Waals surface area contributed by atoms with Crippen molar-refractivity contribution in [3.05, 3.63) is 0 Å². The number of rotatable bonds is 8. The highest BCUT2D eigenvalue weighted by Crippen LogP contribution is 2.31. The number of ether oxygens (including phenoxy) is 3. The summed E-state index contributed by atoms with van der Waals surface area (Å²) < 4.78 is 15.4. The first-order valence-corrected chi connectivity index (χ1v) is 15.7. The van der Waals surface area contributed by atoms with Crippen LogP contribution in [0.25, 0.3) is 0 Å². The molecule has 0 aromatic rings. The summed E-state index contributed by atoms with van der Waals surface area (Å²) in [4.78, 5) is 67.3. The normalized spacial score (nSPS) is 21.6. The van der Waals surface area contributed by atoms with E-state index in [0.29, 0.717) is 12.8 Å². The summed E-state index contributed by atoms with van der Waals surface area (Å²) in [5, 5.41) is 9.99. The van der Waals surface area contributed by atoms with E-state index >= 15 is 0 Å². The minimum atomic E-state index is -0.822. The third-order valence-corrected chi connectivity index (χ3v) is 7.75. The van der Waals surface area contributed by atoms with Crippen molar-refractivity contribution in [3.8, 4) is 0 Å². The number of halogens is 1. The molecule has 44 heavy (non-hydrogen) atoms. The van der Waals surface area contributed by atoms with Crippen molar-refractivity contribution < 1.29 is 38.2 Å². The maximum Gasteiger partial charge on any atom is 0.414 e. The Morgan fingerprint density at radius 1 is 0.864 bits per heavy atom. The molecule has 0 heterocycles. The van der Waals surface area contributed by atoms with E-state index in [1.807, 2.05) is 0 Å². The molecule has 13 nitrogen and oxygen atoms in total. The minimum absolute atomic E-state index is 0.0733. The average molecular weight is 644 g/mol. The van der Waals surface area contributed by atoms with Gasteiger partial charge in [-0.3, -0.25) is 25.0 Å². The number of aliphatic imine (C=N–C) groups is 1. The Hall–Kier alpha value is -3.09. The molecule has 4 N–H and O–H groups in total. The van der Waals surface area contributed by atoms with Crippen LogP contribution in [0.3, 0.4) is 0 Å². The maximum absolute atomic E-state index is 13.1. The zero-order valence-corrected chi connectivity index (χ0v) is 27.8. The molecule has 0 spiro atoms. The lowest BCUT2D eigenvalue weighted by Gasteiger charge is -2.31. The first-order chi connectivity index (χ1) is 20.5. The number of methoxy groups -OCH3 is 1. The van der Waals surface area contributed by atoms with Crippen LogP contribution in [0.15, 0.2) is 4.99 Å². The fourth-order valence-electron chi connectivity index (χ4n) is 5.27. The molecule has 0 radical (unpaired) electrons. The third kappa shape index (κ3) is 14.1. The molecular formula is C30H50ClN5O8. The van der Waals surface area contributed by atoms with Gasteiger partial charge in [-0.05, 0) is 79.6 Å². The van der Waals surface area contributed by atoms with E-state index in [-0.39, 0.29) is 37.3 Å². The number of hydrogen-bond donors (Lipinski definition) is 4. The van der Waals surface area contributed by atoms with Gasteiger partial charge in [-0.2, -0.15) is 0 Å². The van der Waals surface area contributed by atoms with Gasteiger partial charge in [0.15, 0.2) is 0 Å². The fourth-order valence-corrected chi connectivity index (χ4v) is 5.61. The van der Waals surface area contributed by atoms with Gasteiger partial charge in [-0.25, -0.2) is 14.6 Å². The van der Waals surface area contributed by atoms with E-state index < -0.39 is 58.5 Å². The molecule has 4 atom stereocenters. The smallest absolute Gasteiger partial charge is 0.414 e. The highest BCUT2D eigenvalue weighted by atomic mass is 35.5. The molecule has 2 fully saturated rings.